The molecule has 3 aromatic rings. The van der Waals surface area contributed by atoms with Crippen LogP contribution in [0, 0.1) is 6.92 Å². The summed E-state index contributed by atoms with van der Waals surface area (Å²) in [6.45, 7) is 1.98. The second-order valence-electron chi connectivity index (χ2n) is 4.44. The zero-order chi connectivity index (χ0) is 13.2. The van der Waals surface area contributed by atoms with E-state index in [1.807, 2.05) is 49.5 Å². The Bertz CT molecular complexity index is 729. The summed E-state index contributed by atoms with van der Waals surface area (Å²) in [5.74, 6) is 0.230. The number of aromatic nitrogens is 1. The van der Waals surface area contributed by atoms with E-state index >= 15 is 0 Å². The number of hydrogen-bond donors (Lipinski definition) is 1. The molecule has 1 heterocycles. The van der Waals surface area contributed by atoms with E-state index in [-0.39, 0.29) is 5.97 Å². The van der Waals surface area contributed by atoms with E-state index in [0.717, 1.165) is 16.5 Å². The summed E-state index contributed by atoms with van der Waals surface area (Å²) < 4.78 is 5.41. The zero-order valence-corrected chi connectivity index (χ0v) is 10.5. The van der Waals surface area contributed by atoms with E-state index in [0.29, 0.717) is 11.3 Å². The molecule has 1 aromatic heterocycles. The molecule has 0 aliphatic heterocycles. The molecule has 19 heavy (non-hydrogen) atoms. The molecule has 0 amide bonds. The molecule has 0 aliphatic rings. The Balaban J connectivity index is 1.91. The summed E-state index contributed by atoms with van der Waals surface area (Å²) in [5.41, 5.74) is 2.67. The monoisotopic (exact) mass is 251 g/mol. The van der Waals surface area contributed by atoms with Crippen molar-refractivity contribution in [1.82, 2.24) is 4.98 Å². The van der Waals surface area contributed by atoms with Crippen molar-refractivity contribution in [2.24, 2.45) is 0 Å². The Morgan fingerprint density at radius 2 is 1.89 bits per heavy atom. The highest BCUT2D eigenvalue weighted by Gasteiger charge is 2.09. The van der Waals surface area contributed by atoms with Crippen molar-refractivity contribution in [3.8, 4) is 5.75 Å². The van der Waals surface area contributed by atoms with Gasteiger partial charge >= 0.3 is 5.97 Å². The van der Waals surface area contributed by atoms with E-state index in [1.165, 1.54) is 0 Å². The highest BCUT2D eigenvalue weighted by atomic mass is 16.5. The lowest BCUT2D eigenvalue weighted by Gasteiger charge is -2.06. The van der Waals surface area contributed by atoms with Crippen molar-refractivity contribution >= 4 is 16.9 Å². The Kier molecular flexibility index (Phi) is 2.80. The molecule has 0 unspecified atom stereocenters. The molecule has 3 rings (SSSR count). The zero-order valence-electron chi connectivity index (χ0n) is 10.5. The van der Waals surface area contributed by atoms with Crippen LogP contribution in [0.3, 0.4) is 0 Å². The van der Waals surface area contributed by atoms with Gasteiger partial charge in [0.2, 0.25) is 0 Å². The van der Waals surface area contributed by atoms with Crippen LogP contribution in [0.2, 0.25) is 0 Å². The molecule has 3 heteroatoms. The maximum atomic E-state index is 12.0. The molecule has 0 saturated carbocycles. The molecule has 94 valence electrons. The van der Waals surface area contributed by atoms with Crippen molar-refractivity contribution in [1.29, 1.82) is 0 Å². The van der Waals surface area contributed by atoms with Gasteiger partial charge in [-0.15, -0.1) is 0 Å². The molecule has 0 fully saturated rings. The second kappa shape index (κ2) is 4.61. The number of benzene rings is 2. The normalized spacial score (nSPS) is 10.6. The van der Waals surface area contributed by atoms with Crippen LogP contribution in [0.4, 0.5) is 0 Å². The number of rotatable bonds is 2. The summed E-state index contributed by atoms with van der Waals surface area (Å²) in [4.78, 5) is 15.1. The summed E-state index contributed by atoms with van der Waals surface area (Å²) in [5, 5.41) is 1.04. The average molecular weight is 251 g/mol. The van der Waals surface area contributed by atoms with Crippen molar-refractivity contribution in [3.63, 3.8) is 0 Å². The predicted octanol–water partition coefficient (Wildman–Crippen LogP) is 3.70. The van der Waals surface area contributed by atoms with Gasteiger partial charge < -0.3 is 9.72 Å². The number of carbonyl (C=O) groups excluding carboxylic acids is 1. The quantitative estimate of drug-likeness (QED) is 0.557. The average Bonchev–Trinajstić information content (AvgIpc) is 2.88. The van der Waals surface area contributed by atoms with Crippen LogP contribution in [0.15, 0.2) is 54.7 Å². The molecule has 0 aliphatic carbocycles. The lowest BCUT2D eigenvalue weighted by atomic mass is 10.1. The molecule has 0 radical (unpaired) electrons. The topological polar surface area (TPSA) is 42.1 Å². The number of fused-ring (bicyclic) bond motifs is 1. The second-order valence-corrected chi connectivity index (χ2v) is 4.44. The summed E-state index contributed by atoms with van der Waals surface area (Å²) in [7, 11) is 0. The van der Waals surface area contributed by atoms with Gasteiger partial charge in [0.25, 0.3) is 0 Å². The smallest absolute Gasteiger partial charge is 0.343 e. The lowest BCUT2D eigenvalue weighted by molar-refractivity contribution is 0.0735. The summed E-state index contributed by atoms with van der Waals surface area (Å²) in [6.07, 6.45) is 1.88. The van der Waals surface area contributed by atoms with Crippen LogP contribution in [-0.4, -0.2) is 11.0 Å². The first-order valence-corrected chi connectivity index (χ1v) is 6.09. The fourth-order valence-electron chi connectivity index (χ4n) is 2.12. The van der Waals surface area contributed by atoms with Gasteiger partial charge in [-0.25, -0.2) is 4.79 Å². The molecular weight excluding hydrogens is 238 g/mol. The van der Waals surface area contributed by atoms with Crippen molar-refractivity contribution < 1.29 is 9.53 Å². The van der Waals surface area contributed by atoms with E-state index < -0.39 is 0 Å². The third kappa shape index (κ3) is 2.22. The van der Waals surface area contributed by atoms with Crippen LogP contribution in [0.25, 0.3) is 10.9 Å². The molecule has 0 saturated heterocycles. The molecule has 2 aromatic carbocycles. The van der Waals surface area contributed by atoms with Gasteiger partial charge in [-0.1, -0.05) is 18.2 Å². The number of carbonyl (C=O) groups is 1. The van der Waals surface area contributed by atoms with E-state index in [1.54, 1.807) is 12.1 Å². The minimum atomic E-state index is -0.338. The van der Waals surface area contributed by atoms with Gasteiger partial charge in [0.15, 0.2) is 0 Å². The number of ether oxygens (including phenoxy) is 1. The first kappa shape index (κ1) is 11.5. The van der Waals surface area contributed by atoms with Gasteiger partial charge in [-0.3, -0.25) is 0 Å². The molecule has 0 atom stereocenters. The van der Waals surface area contributed by atoms with Crippen LogP contribution < -0.4 is 4.74 Å². The first-order chi connectivity index (χ1) is 9.24. The summed E-state index contributed by atoms with van der Waals surface area (Å²) in [6, 6.07) is 14.7. The standard InChI is InChI=1S/C16H13NO2/c1-11-9-14(10-13-7-8-17-15(11)13)19-16(18)12-5-3-2-4-6-12/h2-10,17H,1H3. The van der Waals surface area contributed by atoms with Crippen LogP contribution >= 0.6 is 0 Å². The number of nitrogens with one attached hydrogen (secondary N) is 1. The minimum absolute atomic E-state index is 0.338. The fourth-order valence-corrected chi connectivity index (χ4v) is 2.12. The van der Waals surface area contributed by atoms with Crippen LogP contribution in [0.1, 0.15) is 15.9 Å². The number of aryl methyl sites for hydroxylation is 1. The predicted molar refractivity (Wildman–Crippen MR) is 74.4 cm³/mol. The van der Waals surface area contributed by atoms with Crippen LogP contribution in [0.5, 0.6) is 5.75 Å². The molecular formula is C16H13NO2. The Hall–Kier alpha value is -2.55. The molecule has 1 N–H and O–H groups in total. The largest absolute Gasteiger partial charge is 0.423 e. The Morgan fingerprint density at radius 1 is 1.11 bits per heavy atom. The maximum Gasteiger partial charge on any atom is 0.343 e. The minimum Gasteiger partial charge on any atom is -0.423 e. The van der Waals surface area contributed by atoms with Gasteiger partial charge in [-0.05, 0) is 42.8 Å². The fraction of sp³-hybridized carbons (Fsp3) is 0.0625. The maximum absolute atomic E-state index is 12.0. The highest BCUT2D eigenvalue weighted by Crippen LogP contribution is 2.24. The Morgan fingerprint density at radius 3 is 2.68 bits per heavy atom. The number of H-pyrrole nitrogens is 1. The van der Waals surface area contributed by atoms with Crippen molar-refractivity contribution in [3.05, 3.63) is 65.9 Å². The lowest BCUT2D eigenvalue weighted by Crippen LogP contribution is -2.08. The van der Waals surface area contributed by atoms with E-state index in [4.69, 9.17) is 4.74 Å². The number of esters is 1. The van der Waals surface area contributed by atoms with E-state index in [2.05, 4.69) is 4.98 Å². The van der Waals surface area contributed by atoms with Crippen LogP contribution in [-0.2, 0) is 0 Å². The Labute approximate surface area is 110 Å². The van der Waals surface area contributed by atoms with Gasteiger partial charge in [0, 0.05) is 17.1 Å². The van der Waals surface area contributed by atoms with Gasteiger partial charge in [0.05, 0.1) is 5.56 Å². The third-order valence-electron chi connectivity index (χ3n) is 3.05. The van der Waals surface area contributed by atoms with Gasteiger partial charge in [0.1, 0.15) is 5.75 Å². The van der Waals surface area contributed by atoms with Crippen molar-refractivity contribution in [2.45, 2.75) is 6.92 Å². The van der Waals surface area contributed by atoms with Crippen molar-refractivity contribution in [2.75, 3.05) is 0 Å². The molecule has 0 spiro atoms. The van der Waals surface area contributed by atoms with Gasteiger partial charge in [-0.2, -0.15) is 0 Å². The number of aromatic amines is 1. The SMILES string of the molecule is Cc1cc(OC(=O)c2ccccc2)cc2cc[nH]c12. The third-order valence-corrected chi connectivity index (χ3v) is 3.05. The number of hydrogen-bond acceptors (Lipinski definition) is 2. The first-order valence-electron chi connectivity index (χ1n) is 6.09. The molecule has 0 bridgehead atoms. The molecule has 3 nitrogen and oxygen atoms in total. The summed E-state index contributed by atoms with van der Waals surface area (Å²) >= 11 is 0. The van der Waals surface area contributed by atoms with E-state index in [9.17, 15) is 4.79 Å². The highest BCUT2D eigenvalue weighted by molar-refractivity contribution is 5.92.